The van der Waals surface area contributed by atoms with E-state index in [0.29, 0.717) is 30.0 Å². The highest BCUT2D eigenvalue weighted by Gasteiger charge is 2.34. The van der Waals surface area contributed by atoms with Crippen LogP contribution in [-0.2, 0) is 12.8 Å². The number of rotatable bonds is 6. The smallest absolute Gasteiger partial charge is 0.254 e. The van der Waals surface area contributed by atoms with Crippen molar-refractivity contribution < 1.29 is 4.79 Å². The monoisotopic (exact) mass is 442 g/mol. The lowest BCUT2D eigenvalue weighted by Crippen LogP contribution is -2.32. The summed E-state index contributed by atoms with van der Waals surface area (Å²) in [6, 6.07) is 9.03. The highest BCUT2D eigenvalue weighted by Crippen LogP contribution is 2.42. The number of hydrogen-bond acceptors (Lipinski definition) is 5. The Labute approximate surface area is 194 Å². The Morgan fingerprint density at radius 2 is 1.97 bits per heavy atom. The molecule has 170 valence electrons. The fourth-order valence-corrected chi connectivity index (χ4v) is 5.39. The van der Waals surface area contributed by atoms with Crippen molar-refractivity contribution in [1.29, 1.82) is 0 Å². The van der Waals surface area contributed by atoms with E-state index in [1.165, 1.54) is 29.5 Å². The first-order valence-corrected chi connectivity index (χ1v) is 12.2. The van der Waals surface area contributed by atoms with Crippen LogP contribution >= 0.6 is 0 Å². The number of hydrogen-bond donors (Lipinski definition) is 1. The van der Waals surface area contributed by atoms with Crippen molar-refractivity contribution in [2.75, 3.05) is 20.1 Å². The molecule has 1 unspecified atom stereocenters. The largest absolute Gasteiger partial charge is 0.352 e. The van der Waals surface area contributed by atoms with Crippen molar-refractivity contribution in [3.8, 4) is 17.2 Å². The SMILES string of the molecule is CN1CCCC1CCNC(=O)c1cnn(-c2ncc3c(n2)-c2ccccc2CC3)c1C1CC1. The molecular weight excluding hydrogens is 412 g/mol. The Hall–Kier alpha value is -3.06. The van der Waals surface area contributed by atoms with Gasteiger partial charge in [-0.2, -0.15) is 5.10 Å². The fraction of sp³-hybridized carbons (Fsp3) is 0.462. The van der Waals surface area contributed by atoms with E-state index in [9.17, 15) is 4.79 Å². The number of aryl methyl sites for hydroxylation is 2. The van der Waals surface area contributed by atoms with Gasteiger partial charge in [-0.15, -0.1) is 0 Å². The molecule has 1 saturated carbocycles. The minimum atomic E-state index is -0.0351. The lowest BCUT2D eigenvalue weighted by Gasteiger charge is -2.19. The lowest BCUT2D eigenvalue weighted by molar-refractivity contribution is 0.0949. The molecule has 2 fully saturated rings. The van der Waals surface area contributed by atoms with E-state index in [2.05, 4.69) is 51.6 Å². The average molecular weight is 443 g/mol. The Bertz CT molecular complexity index is 1200. The van der Waals surface area contributed by atoms with Crippen molar-refractivity contribution in [3.63, 3.8) is 0 Å². The highest BCUT2D eigenvalue weighted by molar-refractivity contribution is 5.95. The molecule has 1 N–H and O–H groups in total. The number of nitrogens with one attached hydrogen (secondary N) is 1. The molecule has 3 aromatic rings. The minimum Gasteiger partial charge on any atom is -0.352 e. The number of aromatic nitrogens is 4. The van der Waals surface area contributed by atoms with Crippen LogP contribution in [0.5, 0.6) is 0 Å². The van der Waals surface area contributed by atoms with Crippen LogP contribution in [0.3, 0.4) is 0 Å². The molecule has 0 radical (unpaired) electrons. The number of carbonyl (C=O) groups is 1. The first kappa shape index (κ1) is 20.5. The van der Waals surface area contributed by atoms with Gasteiger partial charge in [-0.25, -0.2) is 14.6 Å². The predicted molar refractivity (Wildman–Crippen MR) is 127 cm³/mol. The van der Waals surface area contributed by atoms with Crippen molar-refractivity contribution in [3.05, 3.63) is 59.0 Å². The number of likely N-dealkylation sites (tertiary alicyclic amines) is 1. The number of amides is 1. The molecule has 3 aliphatic rings. The Morgan fingerprint density at radius 3 is 2.79 bits per heavy atom. The summed E-state index contributed by atoms with van der Waals surface area (Å²) < 4.78 is 1.80. The number of nitrogens with zero attached hydrogens (tertiary/aromatic N) is 5. The average Bonchev–Trinajstić information content (AvgIpc) is 3.46. The second-order valence-electron chi connectivity index (χ2n) is 9.65. The van der Waals surface area contributed by atoms with Crippen molar-refractivity contribution >= 4 is 5.91 Å². The van der Waals surface area contributed by atoms with Crippen LogP contribution in [0.25, 0.3) is 17.2 Å². The van der Waals surface area contributed by atoms with Crippen LogP contribution in [0.1, 0.15) is 65.2 Å². The zero-order chi connectivity index (χ0) is 22.4. The molecule has 2 aromatic heterocycles. The Morgan fingerprint density at radius 1 is 1.12 bits per heavy atom. The molecule has 1 aromatic carbocycles. The second kappa shape index (κ2) is 8.37. The third-order valence-corrected chi connectivity index (χ3v) is 7.43. The third-order valence-electron chi connectivity index (χ3n) is 7.43. The maximum absolute atomic E-state index is 13.1. The van der Waals surface area contributed by atoms with Gasteiger partial charge in [-0.1, -0.05) is 24.3 Å². The van der Waals surface area contributed by atoms with E-state index >= 15 is 0 Å². The third kappa shape index (κ3) is 3.84. The van der Waals surface area contributed by atoms with E-state index in [1.807, 2.05) is 6.20 Å². The van der Waals surface area contributed by atoms with Gasteiger partial charge in [0.15, 0.2) is 0 Å². The van der Waals surface area contributed by atoms with Gasteiger partial charge in [0.25, 0.3) is 11.9 Å². The topological polar surface area (TPSA) is 75.9 Å². The van der Waals surface area contributed by atoms with Crippen LogP contribution in [0, 0.1) is 0 Å². The Balaban J connectivity index is 1.27. The number of fused-ring (bicyclic) bond motifs is 3. The zero-order valence-corrected chi connectivity index (χ0v) is 19.1. The minimum absolute atomic E-state index is 0.0351. The Kier molecular flexibility index (Phi) is 5.21. The zero-order valence-electron chi connectivity index (χ0n) is 19.1. The standard InChI is InChI=1S/C26H30N6O/c1-31-14-4-6-20(31)12-13-27-25(33)22-16-29-32(24(22)18-9-10-18)26-28-15-19-11-8-17-5-2-3-7-21(17)23(19)30-26/h2-3,5,7,15-16,18,20H,4,6,8-14H2,1H3,(H,27,33). The molecule has 2 aliphatic carbocycles. The molecule has 1 atom stereocenters. The van der Waals surface area contributed by atoms with Crippen LogP contribution < -0.4 is 5.32 Å². The molecule has 1 amide bonds. The first-order chi connectivity index (χ1) is 16.2. The summed E-state index contributed by atoms with van der Waals surface area (Å²) in [7, 11) is 2.17. The predicted octanol–water partition coefficient (Wildman–Crippen LogP) is 3.52. The van der Waals surface area contributed by atoms with Gasteiger partial charge >= 0.3 is 0 Å². The summed E-state index contributed by atoms with van der Waals surface area (Å²) in [4.78, 5) is 25.1. The van der Waals surface area contributed by atoms with Gasteiger partial charge in [0, 0.05) is 30.3 Å². The molecule has 6 rings (SSSR count). The van der Waals surface area contributed by atoms with Gasteiger partial charge in [0.2, 0.25) is 0 Å². The first-order valence-electron chi connectivity index (χ1n) is 12.2. The van der Waals surface area contributed by atoms with Gasteiger partial charge < -0.3 is 10.2 Å². The van der Waals surface area contributed by atoms with Gasteiger partial charge in [0.1, 0.15) is 0 Å². The van der Waals surface area contributed by atoms with Crippen molar-refractivity contribution in [2.45, 2.75) is 56.9 Å². The van der Waals surface area contributed by atoms with E-state index in [0.717, 1.165) is 50.0 Å². The van der Waals surface area contributed by atoms with E-state index < -0.39 is 0 Å². The van der Waals surface area contributed by atoms with Crippen molar-refractivity contribution in [2.24, 2.45) is 0 Å². The molecular formula is C26H30N6O. The van der Waals surface area contributed by atoms with E-state index in [4.69, 9.17) is 4.98 Å². The van der Waals surface area contributed by atoms with E-state index in [-0.39, 0.29) is 5.91 Å². The summed E-state index contributed by atoms with van der Waals surface area (Å²) in [6.45, 7) is 1.84. The number of benzene rings is 1. The van der Waals surface area contributed by atoms with E-state index in [1.54, 1.807) is 10.9 Å². The molecule has 1 aliphatic heterocycles. The molecule has 7 heteroatoms. The fourth-order valence-electron chi connectivity index (χ4n) is 5.39. The van der Waals surface area contributed by atoms with Crippen LogP contribution in [0.4, 0.5) is 0 Å². The van der Waals surface area contributed by atoms with Gasteiger partial charge in [0.05, 0.1) is 23.1 Å². The molecule has 0 bridgehead atoms. The molecule has 1 saturated heterocycles. The summed E-state index contributed by atoms with van der Waals surface area (Å²) >= 11 is 0. The number of carbonyl (C=O) groups excluding carboxylic acids is 1. The quantitative estimate of drug-likeness (QED) is 0.632. The summed E-state index contributed by atoms with van der Waals surface area (Å²) in [5.41, 5.74) is 6.29. The molecule has 0 spiro atoms. The summed E-state index contributed by atoms with van der Waals surface area (Å²) in [6.07, 6.45) is 11.2. The maximum atomic E-state index is 13.1. The van der Waals surface area contributed by atoms with Gasteiger partial charge in [-0.3, -0.25) is 4.79 Å². The van der Waals surface area contributed by atoms with Crippen LogP contribution in [0.2, 0.25) is 0 Å². The normalized spacial score (nSPS) is 19.8. The molecule has 7 nitrogen and oxygen atoms in total. The van der Waals surface area contributed by atoms with Crippen molar-refractivity contribution in [1.82, 2.24) is 30.0 Å². The highest BCUT2D eigenvalue weighted by atomic mass is 16.1. The summed E-state index contributed by atoms with van der Waals surface area (Å²) in [5, 5.41) is 7.73. The lowest BCUT2D eigenvalue weighted by atomic mass is 9.90. The van der Waals surface area contributed by atoms with Crippen LogP contribution in [0.15, 0.2) is 36.7 Å². The molecule has 33 heavy (non-hydrogen) atoms. The maximum Gasteiger partial charge on any atom is 0.254 e. The summed E-state index contributed by atoms with van der Waals surface area (Å²) in [5.74, 6) is 0.868. The van der Waals surface area contributed by atoms with Gasteiger partial charge in [-0.05, 0) is 69.7 Å². The second-order valence-corrected chi connectivity index (χ2v) is 9.65. The van der Waals surface area contributed by atoms with Crippen LogP contribution in [-0.4, -0.2) is 56.7 Å². The molecule has 3 heterocycles.